The number of hydrogen-bond donors (Lipinski definition) is 0. The lowest BCUT2D eigenvalue weighted by molar-refractivity contribution is -0.385. The van der Waals surface area contributed by atoms with E-state index in [1.165, 1.54) is 24.3 Å². The van der Waals surface area contributed by atoms with Crippen LogP contribution in [0.15, 0.2) is 30.3 Å². The van der Waals surface area contributed by atoms with Crippen LogP contribution < -0.4 is 14.2 Å². The van der Waals surface area contributed by atoms with Gasteiger partial charge in [0.15, 0.2) is 17.3 Å². The molecule has 1 aliphatic heterocycles. The van der Waals surface area contributed by atoms with Gasteiger partial charge in [-0.1, -0.05) is 6.92 Å². The number of benzene rings is 2. The van der Waals surface area contributed by atoms with Crippen molar-refractivity contribution in [3.8, 4) is 17.2 Å². The Bertz CT molecular complexity index is 1090. The van der Waals surface area contributed by atoms with Crippen LogP contribution in [0.5, 0.6) is 17.2 Å². The topological polar surface area (TPSA) is 105 Å². The Hall–Kier alpha value is -3.75. The van der Waals surface area contributed by atoms with Crippen LogP contribution in [-0.4, -0.2) is 23.5 Å². The van der Waals surface area contributed by atoms with Crippen LogP contribution in [0.3, 0.4) is 0 Å². The minimum Gasteiger partial charge on any atom is -0.454 e. The molecular weight excluding hydrogens is 385 g/mol. The number of nitrogens with zero attached hydrogens (tertiary/aromatic N) is 1. The Kier molecular flexibility index (Phi) is 4.50. The van der Waals surface area contributed by atoms with Crippen molar-refractivity contribution in [3.63, 3.8) is 0 Å². The zero-order chi connectivity index (χ0) is 20.7. The molecule has 0 bridgehead atoms. The zero-order valence-corrected chi connectivity index (χ0v) is 15.1. The summed E-state index contributed by atoms with van der Waals surface area (Å²) in [5.74, 6) is -1.47. The van der Waals surface area contributed by atoms with Crippen molar-refractivity contribution in [2.75, 3.05) is 6.79 Å². The van der Waals surface area contributed by atoms with Crippen molar-refractivity contribution in [2.24, 2.45) is 0 Å². The van der Waals surface area contributed by atoms with E-state index < -0.39 is 16.7 Å². The molecule has 148 valence electrons. The maximum atomic E-state index is 14.0. The highest BCUT2D eigenvalue weighted by Crippen LogP contribution is 2.40. The van der Waals surface area contributed by atoms with Gasteiger partial charge in [0.05, 0.1) is 22.1 Å². The van der Waals surface area contributed by atoms with Gasteiger partial charge in [0.1, 0.15) is 11.6 Å². The average Bonchev–Trinajstić information content (AvgIpc) is 3.25. The SMILES string of the molecule is CC1CC(=O)c2c(OC(=O)/C=C/c3cc4c(cc3[N+](=O)[O-])OCO4)ccc(F)c21. The Morgan fingerprint density at radius 1 is 1.31 bits per heavy atom. The fourth-order valence-corrected chi connectivity index (χ4v) is 3.45. The van der Waals surface area contributed by atoms with Crippen molar-refractivity contribution in [1.29, 1.82) is 0 Å². The number of Topliss-reactive ketones (excluding diaryl/α,β-unsaturated/α-hetero) is 1. The number of esters is 1. The predicted octanol–water partition coefficient (Wildman–Crippen LogP) is 3.77. The fraction of sp³-hybridized carbons (Fsp3) is 0.200. The van der Waals surface area contributed by atoms with Crippen molar-refractivity contribution >= 4 is 23.5 Å². The molecule has 0 radical (unpaired) electrons. The van der Waals surface area contributed by atoms with Crippen molar-refractivity contribution in [2.45, 2.75) is 19.3 Å². The molecule has 1 aliphatic carbocycles. The summed E-state index contributed by atoms with van der Waals surface area (Å²) in [6.45, 7) is 1.67. The molecule has 0 aromatic heterocycles. The minimum absolute atomic E-state index is 0.0365. The number of fused-ring (bicyclic) bond motifs is 2. The van der Waals surface area contributed by atoms with Crippen LogP contribution >= 0.6 is 0 Å². The second-order valence-electron chi connectivity index (χ2n) is 6.64. The second kappa shape index (κ2) is 7.01. The molecule has 0 spiro atoms. The number of nitro benzene ring substituents is 1. The van der Waals surface area contributed by atoms with Gasteiger partial charge in [-0.2, -0.15) is 0 Å². The Morgan fingerprint density at radius 2 is 2.03 bits per heavy atom. The highest BCUT2D eigenvalue weighted by atomic mass is 19.1. The average molecular weight is 399 g/mol. The van der Waals surface area contributed by atoms with Gasteiger partial charge in [-0.15, -0.1) is 0 Å². The van der Waals surface area contributed by atoms with Crippen LogP contribution in [-0.2, 0) is 4.79 Å². The summed E-state index contributed by atoms with van der Waals surface area (Å²) >= 11 is 0. The first-order chi connectivity index (χ1) is 13.8. The number of carbonyl (C=O) groups excluding carboxylic acids is 2. The molecule has 8 nitrogen and oxygen atoms in total. The van der Waals surface area contributed by atoms with Crippen LogP contribution in [0.2, 0.25) is 0 Å². The number of carbonyl (C=O) groups is 2. The third-order valence-corrected chi connectivity index (χ3v) is 4.75. The van der Waals surface area contributed by atoms with E-state index in [4.69, 9.17) is 14.2 Å². The molecule has 2 aromatic carbocycles. The first kappa shape index (κ1) is 18.6. The first-order valence-electron chi connectivity index (χ1n) is 8.68. The molecule has 9 heteroatoms. The van der Waals surface area contributed by atoms with E-state index in [-0.39, 0.29) is 58.8 Å². The monoisotopic (exact) mass is 399 g/mol. The van der Waals surface area contributed by atoms with Gasteiger partial charge in [-0.05, 0) is 30.2 Å². The summed E-state index contributed by atoms with van der Waals surface area (Å²) in [5, 5.41) is 11.3. The van der Waals surface area contributed by atoms with Gasteiger partial charge < -0.3 is 14.2 Å². The molecule has 0 saturated carbocycles. The number of halogens is 1. The van der Waals surface area contributed by atoms with E-state index in [1.54, 1.807) is 6.92 Å². The highest BCUT2D eigenvalue weighted by molar-refractivity contribution is 6.04. The molecule has 4 rings (SSSR count). The molecule has 29 heavy (non-hydrogen) atoms. The Labute approximate surface area is 163 Å². The molecule has 0 saturated heterocycles. The van der Waals surface area contributed by atoms with Gasteiger partial charge in [0, 0.05) is 18.1 Å². The van der Waals surface area contributed by atoms with Crippen molar-refractivity contribution < 1.29 is 33.1 Å². The van der Waals surface area contributed by atoms with Gasteiger partial charge in [0.25, 0.3) is 5.69 Å². The third-order valence-electron chi connectivity index (χ3n) is 4.75. The molecular formula is C20H14FNO7. The van der Waals surface area contributed by atoms with E-state index in [9.17, 15) is 24.1 Å². The zero-order valence-electron chi connectivity index (χ0n) is 15.1. The van der Waals surface area contributed by atoms with Crippen LogP contribution in [0, 0.1) is 15.9 Å². The number of ether oxygens (including phenoxy) is 3. The Balaban J connectivity index is 1.60. The summed E-state index contributed by atoms with van der Waals surface area (Å²) in [6.07, 6.45) is 2.33. The minimum atomic E-state index is -0.863. The maximum absolute atomic E-state index is 14.0. The normalized spacial score (nSPS) is 16.9. The summed E-state index contributed by atoms with van der Waals surface area (Å²) < 4.78 is 29.6. The van der Waals surface area contributed by atoms with E-state index in [2.05, 4.69) is 0 Å². The largest absolute Gasteiger partial charge is 0.454 e. The van der Waals surface area contributed by atoms with Gasteiger partial charge >= 0.3 is 5.97 Å². The molecule has 2 aliphatic rings. The first-order valence-corrected chi connectivity index (χ1v) is 8.68. The lowest BCUT2D eigenvalue weighted by Gasteiger charge is -2.09. The molecule has 2 aromatic rings. The summed E-state index contributed by atoms with van der Waals surface area (Å²) in [5.41, 5.74) is 0.138. The number of ketones is 1. The van der Waals surface area contributed by atoms with E-state index in [1.807, 2.05) is 0 Å². The van der Waals surface area contributed by atoms with Gasteiger partial charge in [0.2, 0.25) is 6.79 Å². The number of nitro groups is 1. The quantitative estimate of drug-likeness (QED) is 0.253. The second-order valence-corrected chi connectivity index (χ2v) is 6.64. The maximum Gasteiger partial charge on any atom is 0.336 e. The standard InChI is InChI=1S/C20H14FNO7/c1-10-6-14(23)20-15(4-3-12(21)19(10)20)29-18(24)5-2-11-7-16-17(28-9-27-16)8-13(11)22(25)26/h2-5,7-8,10H,6,9H2,1H3/b5-2+. The molecule has 1 heterocycles. The van der Waals surface area contributed by atoms with E-state index in [0.29, 0.717) is 5.75 Å². The van der Waals surface area contributed by atoms with Gasteiger partial charge in [-0.25, -0.2) is 9.18 Å². The fourth-order valence-electron chi connectivity index (χ4n) is 3.45. The molecule has 0 fully saturated rings. The number of rotatable bonds is 4. The van der Waals surface area contributed by atoms with Crippen LogP contribution in [0.25, 0.3) is 6.08 Å². The molecule has 0 amide bonds. The van der Waals surface area contributed by atoms with Crippen molar-refractivity contribution in [1.82, 2.24) is 0 Å². The highest BCUT2D eigenvalue weighted by Gasteiger charge is 2.33. The lowest BCUT2D eigenvalue weighted by Crippen LogP contribution is -2.08. The molecule has 1 unspecified atom stereocenters. The van der Waals surface area contributed by atoms with E-state index >= 15 is 0 Å². The van der Waals surface area contributed by atoms with Gasteiger partial charge in [-0.3, -0.25) is 14.9 Å². The Morgan fingerprint density at radius 3 is 2.76 bits per heavy atom. The smallest absolute Gasteiger partial charge is 0.336 e. The molecule has 1 atom stereocenters. The third kappa shape index (κ3) is 3.31. The summed E-state index contributed by atoms with van der Waals surface area (Å²) in [4.78, 5) is 35.1. The predicted molar refractivity (Wildman–Crippen MR) is 97.7 cm³/mol. The van der Waals surface area contributed by atoms with Crippen LogP contribution in [0.1, 0.15) is 40.7 Å². The van der Waals surface area contributed by atoms with Crippen LogP contribution in [0.4, 0.5) is 10.1 Å². The van der Waals surface area contributed by atoms with Crippen molar-refractivity contribution in [3.05, 3.63) is 63.0 Å². The lowest BCUT2D eigenvalue weighted by atomic mass is 10.0. The summed E-state index contributed by atoms with van der Waals surface area (Å²) in [7, 11) is 0. The van der Waals surface area contributed by atoms with E-state index in [0.717, 1.165) is 12.1 Å². The summed E-state index contributed by atoms with van der Waals surface area (Å²) in [6, 6.07) is 4.95. The number of hydrogen-bond acceptors (Lipinski definition) is 7. The molecule has 0 N–H and O–H groups in total.